The summed E-state index contributed by atoms with van der Waals surface area (Å²) in [5, 5.41) is 2.76. The molecule has 5 nitrogen and oxygen atoms in total. The minimum atomic E-state index is -4.74. The fourth-order valence-corrected chi connectivity index (χ4v) is 3.45. The molecule has 4 rings (SSSR count). The fourth-order valence-electron chi connectivity index (χ4n) is 3.45. The lowest BCUT2D eigenvalue weighted by atomic mass is 10.0. The Hall–Kier alpha value is -4.07. The summed E-state index contributed by atoms with van der Waals surface area (Å²) in [6.07, 6.45) is -1.72. The molecule has 1 aromatic heterocycles. The van der Waals surface area contributed by atoms with Crippen LogP contribution in [0.4, 0.5) is 13.2 Å². The number of aromatic nitrogens is 2. The van der Waals surface area contributed by atoms with Crippen LogP contribution in [0, 0.1) is 6.92 Å². The van der Waals surface area contributed by atoms with E-state index in [9.17, 15) is 18.0 Å². The standard InChI is InChI=1S/C25H20F3N3O2/c1-17-4-2-3-5-22(17)19-8-10-20(11-9-19)31-16-29-15-23(31)24(32)30-14-18-6-12-21(13-7-18)33-25(26,27)28/h2-13,15-16H,14H2,1H3,(H,30,32). The summed E-state index contributed by atoms with van der Waals surface area (Å²) in [6.45, 7) is 2.20. The molecule has 168 valence electrons. The van der Waals surface area contributed by atoms with E-state index < -0.39 is 6.36 Å². The maximum Gasteiger partial charge on any atom is 0.573 e. The average molecular weight is 451 g/mol. The van der Waals surface area contributed by atoms with Gasteiger partial charge < -0.3 is 10.1 Å². The second kappa shape index (κ2) is 9.20. The lowest BCUT2D eigenvalue weighted by molar-refractivity contribution is -0.274. The maximum absolute atomic E-state index is 12.7. The lowest BCUT2D eigenvalue weighted by Gasteiger charge is -2.11. The number of carbonyl (C=O) groups is 1. The number of amides is 1. The summed E-state index contributed by atoms with van der Waals surface area (Å²) < 4.78 is 42.3. The third-order valence-electron chi connectivity index (χ3n) is 5.08. The van der Waals surface area contributed by atoms with Crippen molar-refractivity contribution in [3.8, 4) is 22.6 Å². The number of rotatable bonds is 6. The van der Waals surface area contributed by atoms with Gasteiger partial charge in [0, 0.05) is 12.2 Å². The molecule has 0 aliphatic rings. The Bertz CT molecular complexity index is 1250. The Labute approximate surface area is 188 Å². The quantitative estimate of drug-likeness (QED) is 0.411. The van der Waals surface area contributed by atoms with Gasteiger partial charge in [0.1, 0.15) is 11.4 Å². The monoisotopic (exact) mass is 451 g/mol. The third kappa shape index (κ3) is 5.41. The van der Waals surface area contributed by atoms with Gasteiger partial charge in [0.2, 0.25) is 0 Å². The predicted molar refractivity (Wildman–Crippen MR) is 118 cm³/mol. The van der Waals surface area contributed by atoms with Crippen LogP contribution in [0.5, 0.6) is 5.75 Å². The lowest BCUT2D eigenvalue weighted by Crippen LogP contribution is -2.25. The summed E-state index contributed by atoms with van der Waals surface area (Å²) in [7, 11) is 0. The predicted octanol–water partition coefficient (Wildman–Crippen LogP) is 5.68. The van der Waals surface area contributed by atoms with Crippen molar-refractivity contribution in [2.45, 2.75) is 19.8 Å². The molecule has 8 heteroatoms. The number of aryl methyl sites for hydroxylation is 1. The first-order chi connectivity index (χ1) is 15.8. The summed E-state index contributed by atoms with van der Waals surface area (Å²) in [4.78, 5) is 16.8. The molecule has 0 spiro atoms. The highest BCUT2D eigenvalue weighted by Crippen LogP contribution is 2.25. The second-order valence-electron chi connectivity index (χ2n) is 7.39. The van der Waals surface area contributed by atoms with Crippen molar-refractivity contribution >= 4 is 5.91 Å². The van der Waals surface area contributed by atoms with E-state index in [4.69, 9.17) is 0 Å². The Morgan fingerprint density at radius 2 is 1.70 bits per heavy atom. The molecule has 0 unspecified atom stereocenters. The fraction of sp³-hybridized carbons (Fsp3) is 0.120. The van der Waals surface area contributed by atoms with Crippen LogP contribution in [-0.4, -0.2) is 21.8 Å². The number of hydrogen-bond donors (Lipinski definition) is 1. The molecule has 0 aliphatic heterocycles. The van der Waals surface area contributed by atoms with Crippen molar-refractivity contribution in [1.82, 2.24) is 14.9 Å². The van der Waals surface area contributed by atoms with Crippen molar-refractivity contribution in [1.29, 1.82) is 0 Å². The molecular weight excluding hydrogens is 431 g/mol. The van der Waals surface area contributed by atoms with Gasteiger partial charge in [-0.1, -0.05) is 48.5 Å². The van der Waals surface area contributed by atoms with Crippen LogP contribution in [0.3, 0.4) is 0 Å². The first-order valence-corrected chi connectivity index (χ1v) is 10.1. The van der Waals surface area contributed by atoms with Crippen LogP contribution in [0.25, 0.3) is 16.8 Å². The summed E-state index contributed by atoms with van der Waals surface area (Å²) in [5.74, 6) is -0.670. The van der Waals surface area contributed by atoms with Gasteiger partial charge >= 0.3 is 6.36 Å². The van der Waals surface area contributed by atoms with E-state index in [2.05, 4.69) is 34.1 Å². The smallest absolute Gasteiger partial charge is 0.406 e. The normalized spacial score (nSPS) is 11.3. The van der Waals surface area contributed by atoms with E-state index in [0.717, 1.165) is 16.8 Å². The summed E-state index contributed by atoms with van der Waals surface area (Å²) in [6, 6.07) is 21.2. The van der Waals surface area contributed by atoms with Crippen molar-refractivity contribution in [2.75, 3.05) is 0 Å². The van der Waals surface area contributed by atoms with Crippen molar-refractivity contribution in [3.63, 3.8) is 0 Å². The van der Waals surface area contributed by atoms with Crippen molar-refractivity contribution < 1.29 is 22.7 Å². The van der Waals surface area contributed by atoms with Gasteiger partial charge in [-0.05, 0) is 53.4 Å². The highest BCUT2D eigenvalue weighted by Gasteiger charge is 2.30. The Morgan fingerprint density at radius 3 is 2.36 bits per heavy atom. The van der Waals surface area contributed by atoms with Gasteiger partial charge in [0.15, 0.2) is 0 Å². The zero-order valence-corrected chi connectivity index (χ0v) is 17.6. The number of nitrogens with zero attached hydrogens (tertiary/aromatic N) is 2. The number of carbonyl (C=O) groups excluding carboxylic acids is 1. The van der Waals surface area contributed by atoms with E-state index in [1.54, 1.807) is 10.9 Å². The number of benzene rings is 3. The minimum Gasteiger partial charge on any atom is -0.406 e. The molecule has 33 heavy (non-hydrogen) atoms. The zero-order valence-electron chi connectivity index (χ0n) is 17.6. The van der Waals surface area contributed by atoms with Crippen molar-refractivity contribution in [2.24, 2.45) is 0 Å². The molecule has 0 bridgehead atoms. The van der Waals surface area contributed by atoms with Crippen LogP contribution in [-0.2, 0) is 6.54 Å². The number of imidazole rings is 1. The molecule has 0 aliphatic carbocycles. The first-order valence-electron chi connectivity index (χ1n) is 10.1. The van der Waals surface area contributed by atoms with E-state index >= 15 is 0 Å². The topological polar surface area (TPSA) is 56.2 Å². The number of alkyl halides is 3. The van der Waals surface area contributed by atoms with Crippen LogP contribution in [0.1, 0.15) is 21.6 Å². The molecule has 0 radical (unpaired) electrons. The van der Waals surface area contributed by atoms with E-state index in [-0.39, 0.29) is 18.2 Å². The van der Waals surface area contributed by atoms with Gasteiger partial charge in [0.05, 0.1) is 12.5 Å². The third-order valence-corrected chi connectivity index (χ3v) is 5.08. The van der Waals surface area contributed by atoms with E-state index in [0.29, 0.717) is 11.3 Å². The molecule has 0 saturated heterocycles. The van der Waals surface area contributed by atoms with E-state index in [1.165, 1.54) is 36.0 Å². The van der Waals surface area contributed by atoms with Gasteiger partial charge in [0.25, 0.3) is 5.91 Å². The number of nitrogens with one attached hydrogen (secondary N) is 1. The molecule has 1 N–H and O–H groups in total. The minimum absolute atomic E-state index is 0.141. The molecule has 1 heterocycles. The van der Waals surface area contributed by atoms with Crippen LogP contribution in [0.15, 0.2) is 85.3 Å². The second-order valence-corrected chi connectivity index (χ2v) is 7.39. The number of ether oxygens (including phenoxy) is 1. The molecule has 0 atom stereocenters. The van der Waals surface area contributed by atoms with Gasteiger partial charge in [-0.15, -0.1) is 13.2 Å². The highest BCUT2D eigenvalue weighted by molar-refractivity contribution is 5.93. The Morgan fingerprint density at radius 1 is 1.00 bits per heavy atom. The molecule has 3 aromatic carbocycles. The largest absolute Gasteiger partial charge is 0.573 e. The van der Waals surface area contributed by atoms with Crippen LogP contribution >= 0.6 is 0 Å². The molecule has 1 amide bonds. The maximum atomic E-state index is 12.7. The Balaban J connectivity index is 1.44. The summed E-state index contributed by atoms with van der Waals surface area (Å²) >= 11 is 0. The van der Waals surface area contributed by atoms with Gasteiger partial charge in [-0.3, -0.25) is 9.36 Å². The summed E-state index contributed by atoms with van der Waals surface area (Å²) in [5.41, 5.74) is 5.14. The molecular formula is C25H20F3N3O2. The van der Waals surface area contributed by atoms with Gasteiger partial charge in [-0.25, -0.2) is 4.98 Å². The Kier molecular flexibility index (Phi) is 6.17. The SMILES string of the molecule is Cc1ccccc1-c1ccc(-n2cncc2C(=O)NCc2ccc(OC(F)(F)F)cc2)cc1. The number of halogens is 3. The van der Waals surface area contributed by atoms with Gasteiger partial charge in [-0.2, -0.15) is 0 Å². The van der Waals surface area contributed by atoms with E-state index in [1.807, 2.05) is 36.4 Å². The molecule has 4 aromatic rings. The van der Waals surface area contributed by atoms with Crippen LogP contribution < -0.4 is 10.1 Å². The number of hydrogen-bond acceptors (Lipinski definition) is 3. The average Bonchev–Trinajstić information content (AvgIpc) is 3.28. The molecule has 0 saturated carbocycles. The molecule has 0 fully saturated rings. The zero-order chi connectivity index (χ0) is 23.4. The first kappa shape index (κ1) is 22.1. The van der Waals surface area contributed by atoms with Crippen molar-refractivity contribution in [3.05, 3.63) is 102 Å². The van der Waals surface area contributed by atoms with Crippen LogP contribution in [0.2, 0.25) is 0 Å². The highest BCUT2D eigenvalue weighted by atomic mass is 19.4.